The summed E-state index contributed by atoms with van der Waals surface area (Å²) < 4.78 is 2.37. The fraction of sp³-hybridized carbons (Fsp3) is 0.269. The maximum atomic E-state index is 13.4. The van der Waals surface area contributed by atoms with Crippen molar-refractivity contribution in [1.29, 1.82) is 0 Å². The Balaban J connectivity index is 1.39. The largest absolute Gasteiger partial charge is 0.342 e. The summed E-state index contributed by atoms with van der Waals surface area (Å²) >= 11 is 1.42. The van der Waals surface area contributed by atoms with Gasteiger partial charge in [0.15, 0.2) is 0 Å². The first kappa shape index (κ1) is 21.4. The van der Waals surface area contributed by atoms with Crippen molar-refractivity contribution in [3.63, 3.8) is 0 Å². The van der Waals surface area contributed by atoms with Crippen LogP contribution in [0.15, 0.2) is 64.8 Å². The number of hydrogen-bond donors (Lipinski definition) is 1. The Kier molecular flexibility index (Phi) is 5.72. The standard InChI is InChI=1S/C26H26N4O2S/c1-17-3-7-20(8-4-17)27-24(31)19-11-14-29(15-12-19)26-28-22-13-16-33-23(22)25(32)30(26)21-9-5-18(2)6-10-21/h3-10,13,16,19H,11-12,14-15H2,1-2H3,(H,27,31). The molecule has 0 bridgehead atoms. The number of nitrogens with one attached hydrogen (secondary N) is 1. The number of rotatable bonds is 4. The number of aryl methyl sites for hydroxylation is 2. The first-order valence-corrected chi connectivity index (χ1v) is 12.1. The van der Waals surface area contributed by atoms with Crippen LogP contribution in [0.4, 0.5) is 11.6 Å². The second kappa shape index (κ2) is 8.83. The highest BCUT2D eigenvalue weighted by Crippen LogP contribution is 2.27. The minimum Gasteiger partial charge on any atom is -0.342 e. The van der Waals surface area contributed by atoms with Crippen molar-refractivity contribution in [2.75, 3.05) is 23.3 Å². The highest BCUT2D eigenvalue weighted by atomic mass is 32.1. The van der Waals surface area contributed by atoms with Gasteiger partial charge in [-0.25, -0.2) is 9.55 Å². The molecule has 3 heterocycles. The molecule has 1 aliphatic heterocycles. The summed E-state index contributed by atoms with van der Waals surface area (Å²) in [6.07, 6.45) is 1.42. The van der Waals surface area contributed by atoms with E-state index in [4.69, 9.17) is 4.98 Å². The number of thiophene rings is 1. The quantitative estimate of drug-likeness (QED) is 0.471. The smallest absolute Gasteiger partial charge is 0.277 e. The number of anilines is 2. The van der Waals surface area contributed by atoms with Crippen LogP contribution in [0.5, 0.6) is 0 Å². The molecule has 1 saturated heterocycles. The Hall–Kier alpha value is -3.45. The molecule has 0 atom stereocenters. The fourth-order valence-electron chi connectivity index (χ4n) is 4.26. The molecular formula is C26H26N4O2S. The van der Waals surface area contributed by atoms with Crippen molar-refractivity contribution < 1.29 is 4.79 Å². The van der Waals surface area contributed by atoms with Crippen molar-refractivity contribution in [2.24, 2.45) is 5.92 Å². The first-order valence-electron chi connectivity index (χ1n) is 11.2. The van der Waals surface area contributed by atoms with Crippen molar-refractivity contribution in [3.05, 3.63) is 81.5 Å². The average Bonchev–Trinajstić information content (AvgIpc) is 3.31. The molecule has 1 fully saturated rings. The molecule has 33 heavy (non-hydrogen) atoms. The van der Waals surface area contributed by atoms with Gasteiger partial charge in [0.1, 0.15) is 4.70 Å². The predicted molar refractivity (Wildman–Crippen MR) is 135 cm³/mol. The summed E-state index contributed by atoms with van der Waals surface area (Å²) in [7, 11) is 0. The molecule has 5 rings (SSSR count). The SMILES string of the molecule is Cc1ccc(NC(=O)C2CCN(c3nc4ccsc4c(=O)n3-c3ccc(C)cc3)CC2)cc1. The molecule has 1 aliphatic rings. The summed E-state index contributed by atoms with van der Waals surface area (Å²) in [5.41, 5.74) is 4.61. The molecule has 1 amide bonds. The van der Waals surface area contributed by atoms with E-state index in [0.717, 1.165) is 28.0 Å². The molecule has 0 spiro atoms. The van der Waals surface area contributed by atoms with Gasteiger partial charge < -0.3 is 10.2 Å². The lowest BCUT2D eigenvalue weighted by atomic mass is 9.96. The Labute approximate surface area is 196 Å². The minimum absolute atomic E-state index is 0.0481. The minimum atomic E-state index is -0.0630. The van der Waals surface area contributed by atoms with E-state index in [9.17, 15) is 9.59 Å². The summed E-state index contributed by atoms with van der Waals surface area (Å²) in [6.45, 7) is 5.39. The van der Waals surface area contributed by atoms with Crippen LogP contribution in [0.25, 0.3) is 15.9 Å². The van der Waals surface area contributed by atoms with E-state index < -0.39 is 0 Å². The molecule has 0 radical (unpaired) electrons. The van der Waals surface area contributed by atoms with Gasteiger partial charge in [0.05, 0.1) is 11.2 Å². The average molecular weight is 459 g/mol. The molecule has 0 aliphatic carbocycles. The van der Waals surface area contributed by atoms with Gasteiger partial charge in [-0.05, 0) is 62.4 Å². The lowest BCUT2D eigenvalue weighted by molar-refractivity contribution is -0.120. The molecule has 1 N–H and O–H groups in total. The van der Waals surface area contributed by atoms with Gasteiger partial charge in [-0.15, -0.1) is 11.3 Å². The third-order valence-electron chi connectivity index (χ3n) is 6.22. The van der Waals surface area contributed by atoms with Gasteiger partial charge in [0.2, 0.25) is 11.9 Å². The van der Waals surface area contributed by atoms with Crippen molar-refractivity contribution >= 4 is 39.1 Å². The zero-order chi connectivity index (χ0) is 22.9. The van der Waals surface area contributed by atoms with Crippen molar-refractivity contribution in [2.45, 2.75) is 26.7 Å². The van der Waals surface area contributed by atoms with Crippen molar-refractivity contribution in [3.8, 4) is 5.69 Å². The molecule has 4 aromatic rings. The van der Waals surface area contributed by atoms with Gasteiger partial charge in [0, 0.05) is 24.7 Å². The summed E-state index contributed by atoms with van der Waals surface area (Å²) in [5.74, 6) is 0.634. The van der Waals surface area contributed by atoms with E-state index in [0.29, 0.717) is 36.6 Å². The number of aromatic nitrogens is 2. The summed E-state index contributed by atoms with van der Waals surface area (Å²) in [4.78, 5) is 33.2. The maximum Gasteiger partial charge on any atom is 0.277 e. The molecule has 6 nitrogen and oxygen atoms in total. The number of benzene rings is 2. The van der Waals surface area contributed by atoms with Gasteiger partial charge in [0.25, 0.3) is 5.56 Å². The first-order chi connectivity index (χ1) is 16.0. The number of fused-ring (bicyclic) bond motifs is 1. The fourth-order valence-corrected chi connectivity index (χ4v) is 5.02. The zero-order valence-electron chi connectivity index (χ0n) is 18.7. The third-order valence-corrected chi connectivity index (χ3v) is 7.11. The van der Waals surface area contributed by atoms with Crippen LogP contribution < -0.4 is 15.8 Å². The lowest BCUT2D eigenvalue weighted by Crippen LogP contribution is -2.41. The summed E-state index contributed by atoms with van der Waals surface area (Å²) in [5, 5.41) is 4.95. The van der Waals surface area contributed by atoms with Crippen LogP contribution in [-0.4, -0.2) is 28.5 Å². The molecule has 0 unspecified atom stereocenters. The van der Waals surface area contributed by atoms with Gasteiger partial charge >= 0.3 is 0 Å². The summed E-state index contributed by atoms with van der Waals surface area (Å²) in [6, 6.07) is 17.7. The van der Waals surface area contributed by atoms with Crippen LogP contribution in [0, 0.1) is 19.8 Å². The van der Waals surface area contributed by atoms with Crippen LogP contribution >= 0.6 is 11.3 Å². The van der Waals surface area contributed by atoms with Crippen molar-refractivity contribution in [1.82, 2.24) is 9.55 Å². The molecule has 2 aromatic carbocycles. The van der Waals surface area contributed by atoms with E-state index in [-0.39, 0.29) is 17.4 Å². The van der Waals surface area contributed by atoms with E-state index >= 15 is 0 Å². The molecular weight excluding hydrogens is 432 g/mol. The number of carbonyl (C=O) groups is 1. The van der Waals surface area contributed by atoms with E-state index in [1.54, 1.807) is 4.57 Å². The lowest BCUT2D eigenvalue weighted by Gasteiger charge is -2.33. The number of carbonyl (C=O) groups excluding carboxylic acids is 1. The second-order valence-corrected chi connectivity index (χ2v) is 9.56. The predicted octanol–water partition coefficient (Wildman–Crippen LogP) is 4.92. The van der Waals surface area contributed by atoms with Crippen LogP contribution in [0.3, 0.4) is 0 Å². The molecule has 0 saturated carbocycles. The molecule has 2 aromatic heterocycles. The normalized spacial score (nSPS) is 14.5. The number of amides is 1. The number of piperidine rings is 1. The Morgan fingerprint density at radius 3 is 2.27 bits per heavy atom. The van der Waals surface area contributed by atoms with E-state index in [1.165, 1.54) is 11.3 Å². The Morgan fingerprint density at radius 2 is 1.61 bits per heavy atom. The monoisotopic (exact) mass is 458 g/mol. The van der Waals surface area contributed by atoms with Gasteiger partial charge in [-0.3, -0.25) is 9.59 Å². The van der Waals surface area contributed by atoms with E-state index in [2.05, 4.69) is 10.2 Å². The zero-order valence-corrected chi connectivity index (χ0v) is 19.6. The highest BCUT2D eigenvalue weighted by molar-refractivity contribution is 7.17. The third kappa shape index (κ3) is 4.28. The topological polar surface area (TPSA) is 67.2 Å². The Morgan fingerprint density at radius 1 is 0.970 bits per heavy atom. The number of nitrogens with zero attached hydrogens (tertiary/aromatic N) is 3. The molecule has 168 valence electrons. The van der Waals surface area contributed by atoms with Gasteiger partial charge in [-0.1, -0.05) is 35.4 Å². The molecule has 7 heteroatoms. The second-order valence-electron chi connectivity index (χ2n) is 8.64. The van der Waals surface area contributed by atoms with Crippen LogP contribution in [0.1, 0.15) is 24.0 Å². The Bertz CT molecular complexity index is 1350. The van der Waals surface area contributed by atoms with Gasteiger partial charge in [-0.2, -0.15) is 0 Å². The maximum absolute atomic E-state index is 13.4. The van der Waals surface area contributed by atoms with Crippen LogP contribution in [0.2, 0.25) is 0 Å². The van der Waals surface area contributed by atoms with E-state index in [1.807, 2.05) is 73.8 Å². The number of hydrogen-bond acceptors (Lipinski definition) is 5. The highest BCUT2D eigenvalue weighted by Gasteiger charge is 2.28. The van der Waals surface area contributed by atoms with Crippen LogP contribution in [-0.2, 0) is 4.79 Å².